The quantitative estimate of drug-likeness (QED) is 0.840. The van der Waals surface area contributed by atoms with E-state index in [4.69, 9.17) is 4.74 Å². The average Bonchev–Trinajstić information content (AvgIpc) is 3.24. The van der Waals surface area contributed by atoms with Crippen LogP contribution in [0.3, 0.4) is 0 Å². The summed E-state index contributed by atoms with van der Waals surface area (Å²) in [5.74, 6) is 0.00979. The van der Waals surface area contributed by atoms with Gasteiger partial charge in [0.25, 0.3) is 0 Å². The maximum Gasteiger partial charge on any atom is 0.410 e. The molecule has 126 valence electrons. The van der Waals surface area contributed by atoms with Gasteiger partial charge in [0.05, 0.1) is 6.54 Å². The molecule has 1 atom stereocenters. The third-order valence-corrected chi connectivity index (χ3v) is 4.88. The Morgan fingerprint density at radius 1 is 1.25 bits per heavy atom. The van der Waals surface area contributed by atoms with Gasteiger partial charge >= 0.3 is 6.09 Å². The predicted molar refractivity (Wildman–Crippen MR) is 92.9 cm³/mol. The zero-order valence-corrected chi connectivity index (χ0v) is 14.1. The molecule has 1 aliphatic heterocycles. The second kappa shape index (κ2) is 7.97. The highest BCUT2D eigenvalue weighted by molar-refractivity contribution is 7.09. The zero-order valence-electron chi connectivity index (χ0n) is 13.3. The highest BCUT2D eigenvalue weighted by Crippen LogP contribution is 2.25. The van der Waals surface area contributed by atoms with Gasteiger partial charge in [0.2, 0.25) is 5.91 Å². The van der Waals surface area contributed by atoms with Gasteiger partial charge < -0.3 is 15.0 Å². The van der Waals surface area contributed by atoms with E-state index >= 15 is 0 Å². The number of amides is 2. The molecule has 1 unspecified atom stereocenters. The number of thiophene rings is 1. The fourth-order valence-electron chi connectivity index (χ4n) is 2.64. The minimum atomic E-state index is -0.323. The first-order chi connectivity index (χ1) is 11.7. The molecule has 0 spiro atoms. The molecule has 1 N–H and O–H groups in total. The third-order valence-electron chi connectivity index (χ3n) is 3.94. The van der Waals surface area contributed by atoms with Crippen molar-refractivity contribution in [2.45, 2.75) is 18.9 Å². The van der Waals surface area contributed by atoms with Crippen LogP contribution in [0.2, 0.25) is 0 Å². The normalized spacial score (nSPS) is 16.9. The van der Waals surface area contributed by atoms with Crippen LogP contribution in [0.5, 0.6) is 0 Å². The number of ether oxygens (including phenoxy) is 1. The van der Waals surface area contributed by atoms with Gasteiger partial charge in [-0.3, -0.25) is 4.79 Å². The topological polar surface area (TPSA) is 58.6 Å². The molecule has 6 heteroatoms. The molecule has 1 fully saturated rings. The van der Waals surface area contributed by atoms with Crippen LogP contribution in [0.15, 0.2) is 47.8 Å². The third kappa shape index (κ3) is 4.35. The first kappa shape index (κ1) is 16.5. The molecule has 2 heterocycles. The molecule has 1 aliphatic rings. The maximum atomic E-state index is 11.9. The van der Waals surface area contributed by atoms with Crippen LogP contribution in [-0.4, -0.2) is 36.5 Å². The van der Waals surface area contributed by atoms with E-state index in [9.17, 15) is 9.59 Å². The summed E-state index contributed by atoms with van der Waals surface area (Å²) in [6.07, 6.45) is 0.674. The van der Waals surface area contributed by atoms with Crippen LogP contribution >= 0.6 is 11.3 Å². The number of aryl methyl sites for hydroxylation is 1. The van der Waals surface area contributed by atoms with E-state index in [1.54, 1.807) is 16.2 Å². The number of nitrogens with one attached hydrogen (secondary N) is 1. The van der Waals surface area contributed by atoms with Gasteiger partial charge in [-0.25, -0.2) is 4.79 Å². The van der Waals surface area contributed by atoms with E-state index in [-0.39, 0.29) is 18.1 Å². The molecule has 5 nitrogen and oxygen atoms in total. The summed E-state index contributed by atoms with van der Waals surface area (Å²) in [7, 11) is 0. The lowest BCUT2D eigenvalue weighted by molar-refractivity contribution is -0.121. The summed E-state index contributed by atoms with van der Waals surface area (Å²) in [6, 6.07) is 13.7. The van der Waals surface area contributed by atoms with Gasteiger partial charge in [-0.05, 0) is 23.4 Å². The Morgan fingerprint density at radius 3 is 2.83 bits per heavy atom. The highest BCUT2D eigenvalue weighted by atomic mass is 32.1. The Kier molecular flexibility index (Phi) is 5.48. The van der Waals surface area contributed by atoms with Gasteiger partial charge in [-0.2, -0.15) is 0 Å². The number of carbonyl (C=O) groups is 2. The molecular weight excluding hydrogens is 324 g/mol. The lowest BCUT2D eigenvalue weighted by atomic mass is 10.1. The molecule has 24 heavy (non-hydrogen) atoms. The summed E-state index contributed by atoms with van der Waals surface area (Å²) in [6.45, 7) is 1.43. The summed E-state index contributed by atoms with van der Waals surface area (Å²) in [4.78, 5) is 26.6. The van der Waals surface area contributed by atoms with E-state index < -0.39 is 0 Å². The fraction of sp³-hybridized carbons (Fsp3) is 0.333. The monoisotopic (exact) mass is 344 g/mol. The van der Waals surface area contributed by atoms with Crippen molar-refractivity contribution in [1.82, 2.24) is 10.2 Å². The van der Waals surface area contributed by atoms with Gasteiger partial charge in [0, 0.05) is 24.4 Å². The van der Waals surface area contributed by atoms with Gasteiger partial charge in [0.1, 0.15) is 6.10 Å². The van der Waals surface area contributed by atoms with E-state index in [2.05, 4.69) is 5.32 Å². The smallest absolute Gasteiger partial charge is 0.410 e. The lowest BCUT2D eigenvalue weighted by Gasteiger charge is -2.13. The van der Waals surface area contributed by atoms with Crippen molar-refractivity contribution < 1.29 is 14.3 Å². The first-order valence-corrected chi connectivity index (χ1v) is 8.90. The number of hydrogen-bond donors (Lipinski definition) is 1. The van der Waals surface area contributed by atoms with Gasteiger partial charge in [0.15, 0.2) is 0 Å². The van der Waals surface area contributed by atoms with E-state index in [0.717, 1.165) is 12.0 Å². The van der Waals surface area contributed by atoms with E-state index in [1.165, 1.54) is 4.88 Å². The number of benzene rings is 1. The molecule has 3 rings (SSSR count). The van der Waals surface area contributed by atoms with Gasteiger partial charge in [-0.1, -0.05) is 36.4 Å². The van der Waals surface area contributed by atoms with E-state index in [0.29, 0.717) is 26.1 Å². The SMILES string of the molecule is O=C(CCc1cccs1)NCCN1CC(c2ccccc2)OC1=O. The molecule has 1 saturated heterocycles. The molecule has 0 aliphatic carbocycles. The average molecular weight is 344 g/mol. The largest absolute Gasteiger partial charge is 0.439 e. The summed E-state index contributed by atoms with van der Waals surface area (Å²) < 4.78 is 5.39. The number of hydrogen-bond acceptors (Lipinski definition) is 4. The van der Waals surface area contributed by atoms with Crippen LogP contribution in [0.25, 0.3) is 0 Å². The Hall–Kier alpha value is -2.34. The van der Waals surface area contributed by atoms with Crippen molar-refractivity contribution in [2.24, 2.45) is 0 Å². The standard InChI is InChI=1S/C18H20N2O3S/c21-17(9-8-15-7-4-12-24-15)19-10-11-20-13-16(23-18(20)22)14-5-2-1-3-6-14/h1-7,12,16H,8-11,13H2,(H,19,21). The number of rotatable bonds is 7. The number of carbonyl (C=O) groups excluding carboxylic acids is 2. The first-order valence-electron chi connectivity index (χ1n) is 8.02. The molecular formula is C18H20N2O3S. The summed E-state index contributed by atoms with van der Waals surface area (Å²) >= 11 is 1.66. The van der Waals surface area contributed by atoms with Crippen molar-refractivity contribution in [3.8, 4) is 0 Å². The van der Waals surface area contributed by atoms with Crippen LogP contribution in [0.1, 0.15) is 23.0 Å². The second-order valence-electron chi connectivity index (χ2n) is 5.66. The molecule has 2 amide bonds. The Balaban J connectivity index is 1.39. The van der Waals surface area contributed by atoms with Crippen LogP contribution in [0, 0.1) is 0 Å². The summed E-state index contributed by atoms with van der Waals surface area (Å²) in [5, 5.41) is 4.87. The number of cyclic esters (lactones) is 1. The number of nitrogens with zero attached hydrogens (tertiary/aromatic N) is 1. The molecule has 1 aromatic carbocycles. The molecule has 0 bridgehead atoms. The van der Waals surface area contributed by atoms with Crippen LogP contribution in [-0.2, 0) is 16.0 Å². The molecule has 0 saturated carbocycles. The summed E-state index contributed by atoms with van der Waals surface area (Å²) in [5.41, 5.74) is 0.994. The van der Waals surface area contributed by atoms with E-state index in [1.807, 2.05) is 47.8 Å². The Labute approximate surface area is 145 Å². The van der Waals surface area contributed by atoms with Gasteiger partial charge in [-0.15, -0.1) is 11.3 Å². The fourth-order valence-corrected chi connectivity index (χ4v) is 3.35. The Morgan fingerprint density at radius 2 is 2.08 bits per heavy atom. The van der Waals surface area contributed by atoms with Crippen LogP contribution in [0.4, 0.5) is 4.79 Å². The molecule has 2 aromatic rings. The zero-order chi connectivity index (χ0) is 16.8. The van der Waals surface area contributed by atoms with Crippen molar-refractivity contribution in [2.75, 3.05) is 19.6 Å². The molecule has 0 radical (unpaired) electrons. The minimum Gasteiger partial charge on any atom is -0.439 e. The van der Waals surface area contributed by atoms with Crippen molar-refractivity contribution in [3.05, 3.63) is 58.3 Å². The van der Waals surface area contributed by atoms with Crippen molar-refractivity contribution >= 4 is 23.3 Å². The minimum absolute atomic E-state index is 0.00979. The maximum absolute atomic E-state index is 11.9. The van der Waals surface area contributed by atoms with Crippen molar-refractivity contribution in [1.29, 1.82) is 0 Å². The van der Waals surface area contributed by atoms with Crippen LogP contribution < -0.4 is 5.32 Å². The highest BCUT2D eigenvalue weighted by Gasteiger charge is 2.31. The van der Waals surface area contributed by atoms with Crippen molar-refractivity contribution in [3.63, 3.8) is 0 Å². The second-order valence-corrected chi connectivity index (χ2v) is 6.69. The predicted octanol–water partition coefficient (Wildman–Crippen LogP) is 2.99. The lowest BCUT2D eigenvalue weighted by Crippen LogP contribution is -2.35. The Bertz CT molecular complexity index is 673. The molecule has 1 aromatic heterocycles.